The second-order valence-electron chi connectivity index (χ2n) is 8.35. The van der Waals surface area contributed by atoms with Crippen LogP contribution in [-0.4, -0.2) is 56.3 Å². The van der Waals surface area contributed by atoms with Gasteiger partial charge in [-0.1, -0.05) is 6.07 Å². The maximum absolute atomic E-state index is 5.45. The molecule has 1 aromatic heterocycles. The highest BCUT2D eigenvalue weighted by Crippen LogP contribution is 2.34. The van der Waals surface area contributed by atoms with Crippen LogP contribution in [0.4, 0.5) is 17.1 Å². The van der Waals surface area contributed by atoms with Gasteiger partial charge in [0.1, 0.15) is 0 Å². The Balaban J connectivity index is 1.29. The monoisotopic (exact) mass is 390 g/mol. The molecule has 2 aliphatic rings. The van der Waals surface area contributed by atoms with Crippen LogP contribution in [0.2, 0.25) is 0 Å². The largest absolute Gasteiger partial charge is 0.378 e. The van der Waals surface area contributed by atoms with Gasteiger partial charge in [0.25, 0.3) is 0 Å². The van der Waals surface area contributed by atoms with Gasteiger partial charge in [0.05, 0.1) is 13.2 Å². The summed E-state index contributed by atoms with van der Waals surface area (Å²) in [6.45, 7) is 5.95. The first-order chi connectivity index (χ1) is 14.3. The molecule has 0 spiro atoms. The van der Waals surface area contributed by atoms with E-state index in [2.05, 4.69) is 75.8 Å². The van der Waals surface area contributed by atoms with E-state index in [-0.39, 0.29) is 0 Å². The summed E-state index contributed by atoms with van der Waals surface area (Å²) in [7, 11) is 2.22. The maximum atomic E-state index is 5.45. The van der Waals surface area contributed by atoms with Crippen molar-refractivity contribution < 1.29 is 4.74 Å². The lowest BCUT2D eigenvalue weighted by molar-refractivity contribution is 0.122. The summed E-state index contributed by atoms with van der Waals surface area (Å²) in [5.74, 6) is 0.673. The zero-order valence-electron chi connectivity index (χ0n) is 17.2. The number of nitrogens with zero attached hydrogens (tertiary/aromatic N) is 2. The molecule has 2 fully saturated rings. The Bertz CT molecular complexity index is 951. The summed E-state index contributed by atoms with van der Waals surface area (Å²) in [4.78, 5) is 8.31. The van der Waals surface area contributed by atoms with E-state index in [1.165, 1.54) is 48.1 Å². The van der Waals surface area contributed by atoms with E-state index in [1.54, 1.807) is 0 Å². The van der Waals surface area contributed by atoms with Crippen molar-refractivity contribution in [3.8, 4) is 0 Å². The Morgan fingerprint density at radius 2 is 1.66 bits per heavy atom. The zero-order valence-corrected chi connectivity index (χ0v) is 17.2. The van der Waals surface area contributed by atoms with Crippen LogP contribution in [-0.2, 0) is 4.74 Å². The van der Waals surface area contributed by atoms with Gasteiger partial charge in [-0.15, -0.1) is 0 Å². The number of ether oxygens (including phenoxy) is 1. The molecule has 0 bridgehead atoms. The first kappa shape index (κ1) is 18.5. The summed E-state index contributed by atoms with van der Waals surface area (Å²) >= 11 is 0. The number of piperidine rings is 1. The number of hydrogen-bond donors (Lipinski definition) is 2. The normalized spacial score (nSPS) is 19.0. The molecule has 2 aromatic carbocycles. The van der Waals surface area contributed by atoms with Crippen molar-refractivity contribution in [1.82, 2.24) is 9.88 Å². The van der Waals surface area contributed by atoms with Crippen LogP contribution in [0.5, 0.6) is 0 Å². The van der Waals surface area contributed by atoms with Crippen molar-refractivity contribution in [2.45, 2.75) is 18.8 Å². The molecule has 0 atom stereocenters. The summed E-state index contributed by atoms with van der Waals surface area (Å²) in [6.07, 6.45) is 4.72. The van der Waals surface area contributed by atoms with Gasteiger partial charge < -0.3 is 24.8 Å². The highest BCUT2D eigenvalue weighted by molar-refractivity contribution is 5.87. The molecule has 2 N–H and O–H groups in total. The molecule has 3 aromatic rings. The number of aromatic amines is 1. The van der Waals surface area contributed by atoms with E-state index in [4.69, 9.17) is 4.74 Å². The van der Waals surface area contributed by atoms with Crippen LogP contribution in [0.15, 0.2) is 48.7 Å². The fourth-order valence-corrected chi connectivity index (χ4v) is 4.63. The summed E-state index contributed by atoms with van der Waals surface area (Å²) in [5, 5.41) is 4.92. The van der Waals surface area contributed by atoms with Gasteiger partial charge in [0.2, 0.25) is 0 Å². The minimum absolute atomic E-state index is 0.673. The summed E-state index contributed by atoms with van der Waals surface area (Å²) in [6, 6.07) is 15.4. The molecule has 0 amide bonds. The minimum Gasteiger partial charge on any atom is -0.378 e. The second-order valence-corrected chi connectivity index (χ2v) is 8.35. The average molecular weight is 391 g/mol. The lowest BCUT2D eigenvalue weighted by Crippen LogP contribution is -2.36. The Morgan fingerprint density at radius 3 is 2.41 bits per heavy atom. The smallest absolute Gasteiger partial charge is 0.0642 e. The number of morpholine rings is 1. The minimum atomic E-state index is 0.673. The van der Waals surface area contributed by atoms with Crippen molar-refractivity contribution in [3.05, 3.63) is 54.2 Å². The number of benzene rings is 2. The van der Waals surface area contributed by atoms with Gasteiger partial charge in [-0.2, -0.15) is 0 Å². The van der Waals surface area contributed by atoms with E-state index in [0.717, 1.165) is 37.7 Å². The SMILES string of the molecule is CN1CCC(c2c[nH]c3cc(Nc4ccc(N5CCOCC5)cc4)ccc23)CC1. The first-order valence-corrected chi connectivity index (χ1v) is 10.8. The van der Waals surface area contributed by atoms with Crippen molar-refractivity contribution in [1.29, 1.82) is 0 Å². The van der Waals surface area contributed by atoms with Crippen LogP contribution in [0.1, 0.15) is 24.3 Å². The molecule has 0 radical (unpaired) electrons. The number of rotatable bonds is 4. The predicted octanol–water partition coefficient (Wildman–Crippen LogP) is 4.56. The van der Waals surface area contributed by atoms with Gasteiger partial charge >= 0.3 is 0 Å². The summed E-state index contributed by atoms with van der Waals surface area (Å²) in [5.41, 5.74) is 6.20. The van der Waals surface area contributed by atoms with Gasteiger partial charge in [-0.05, 0) is 80.9 Å². The third-order valence-corrected chi connectivity index (χ3v) is 6.40. The molecule has 29 heavy (non-hydrogen) atoms. The van der Waals surface area contributed by atoms with Crippen LogP contribution < -0.4 is 10.2 Å². The Kier molecular flexibility index (Phi) is 5.17. The van der Waals surface area contributed by atoms with Gasteiger partial charge in [0, 0.05) is 47.3 Å². The van der Waals surface area contributed by atoms with E-state index in [0.29, 0.717) is 5.92 Å². The molecule has 0 aliphatic carbocycles. The van der Waals surface area contributed by atoms with Crippen molar-refractivity contribution in [3.63, 3.8) is 0 Å². The lowest BCUT2D eigenvalue weighted by atomic mass is 9.89. The molecule has 5 heteroatoms. The number of fused-ring (bicyclic) bond motifs is 1. The first-order valence-electron chi connectivity index (χ1n) is 10.8. The number of nitrogens with one attached hydrogen (secondary N) is 2. The van der Waals surface area contributed by atoms with Gasteiger partial charge in [-0.25, -0.2) is 0 Å². The molecule has 2 aliphatic heterocycles. The van der Waals surface area contributed by atoms with Crippen molar-refractivity contribution >= 4 is 28.0 Å². The second kappa shape index (κ2) is 8.09. The molecular formula is C24H30N4O. The zero-order chi connectivity index (χ0) is 19.6. The third-order valence-electron chi connectivity index (χ3n) is 6.40. The van der Waals surface area contributed by atoms with Crippen LogP contribution in [0, 0.1) is 0 Å². The van der Waals surface area contributed by atoms with Crippen LogP contribution in [0.3, 0.4) is 0 Å². The van der Waals surface area contributed by atoms with Crippen LogP contribution in [0.25, 0.3) is 10.9 Å². The highest BCUT2D eigenvalue weighted by Gasteiger charge is 2.21. The Morgan fingerprint density at radius 1 is 0.931 bits per heavy atom. The molecule has 0 saturated carbocycles. The number of aromatic nitrogens is 1. The average Bonchev–Trinajstić information content (AvgIpc) is 3.19. The van der Waals surface area contributed by atoms with Crippen molar-refractivity contribution in [2.24, 2.45) is 0 Å². The topological polar surface area (TPSA) is 43.5 Å². The predicted molar refractivity (Wildman–Crippen MR) is 121 cm³/mol. The molecule has 5 nitrogen and oxygen atoms in total. The summed E-state index contributed by atoms with van der Waals surface area (Å²) < 4.78 is 5.45. The van der Waals surface area contributed by atoms with E-state index in [1.807, 2.05) is 0 Å². The van der Waals surface area contributed by atoms with Gasteiger partial charge in [-0.3, -0.25) is 0 Å². The number of anilines is 3. The molecular weight excluding hydrogens is 360 g/mol. The van der Waals surface area contributed by atoms with E-state index in [9.17, 15) is 0 Å². The quantitative estimate of drug-likeness (QED) is 0.686. The highest BCUT2D eigenvalue weighted by atomic mass is 16.5. The molecule has 0 unspecified atom stereocenters. The Hall–Kier alpha value is -2.50. The number of hydrogen-bond acceptors (Lipinski definition) is 4. The molecule has 5 rings (SSSR count). The van der Waals surface area contributed by atoms with E-state index >= 15 is 0 Å². The third kappa shape index (κ3) is 3.98. The van der Waals surface area contributed by atoms with E-state index < -0.39 is 0 Å². The van der Waals surface area contributed by atoms with Crippen LogP contribution >= 0.6 is 0 Å². The molecule has 3 heterocycles. The number of H-pyrrole nitrogens is 1. The fraction of sp³-hybridized carbons (Fsp3) is 0.417. The van der Waals surface area contributed by atoms with Crippen molar-refractivity contribution in [2.75, 3.05) is 56.7 Å². The number of likely N-dealkylation sites (tertiary alicyclic amines) is 1. The van der Waals surface area contributed by atoms with Gasteiger partial charge in [0.15, 0.2) is 0 Å². The fourth-order valence-electron chi connectivity index (χ4n) is 4.63. The Labute approximate surface area is 172 Å². The maximum Gasteiger partial charge on any atom is 0.0642 e. The lowest BCUT2D eigenvalue weighted by Gasteiger charge is -2.29. The molecule has 2 saturated heterocycles. The standard InChI is InChI=1S/C24H30N4O/c1-27-10-8-18(9-11-27)23-17-25-24-16-20(4-7-22(23)24)26-19-2-5-21(6-3-19)28-12-14-29-15-13-28/h2-7,16-18,25-26H,8-15H2,1H3. The molecule has 152 valence electrons.